The summed E-state index contributed by atoms with van der Waals surface area (Å²) < 4.78 is 0. The molecule has 1 atom stereocenters. The SMILES string of the molecule is CCc1cccc2c1SC(Cc1ccc(C(=O)O)cc1)C(=O)N2Cc1ccc(C)cc1. The Morgan fingerprint density at radius 3 is 2.32 bits per heavy atom. The second-order valence-electron chi connectivity index (χ2n) is 7.84. The third-order valence-electron chi connectivity index (χ3n) is 5.63. The van der Waals surface area contributed by atoms with Crippen molar-refractivity contribution in [2.24, 2.45) is 0 Å². The fourth-order valence-corrected chi connectivity index (χ4v) is 5.30. The van der Waals surface area contributed by atoms with Gasteiger partial charge in [0, 0.05) is 4.90 Å². The van der Waals surface area contributed by atoms with Gasteiger partial charge in [-0.25, -0.2) is 4.79 Å². The summed E-state index contributed by atoms with van der Waals surface area (Å²) in [7, 11) is 0. The Hall–Kier alpha value is -3.05. The molecule has 0 saturated carbocycles. The van der Waals surface area contributed by atoms with Gasteiger partial charge in [-0.3, -0.25) is 4.79 Å². The van der Waals surface area contributed by atoms with Gasteiger partial charge in [-0.15, -0.1) is 11.8 Å². The van der Waals surface area contributed by atoms with E-state index in [0.717, 1.165) is 23.2 Å². The molecule has 0 aliphatic carbocycles. The van der Waals surface area contributed by atoms with Crippen LogP contribution in [0.5, 0.6) is 0 Å². The maximum absolute atomic E-state index is 13.5. The maximum atomic E-state index is 13.5. The lowest BCUT2D eigenvalue weighted by atomic mass is 10.0. The van der Waals surface area contributed by atoms with Crippen molar-refractivity contribution < 1.29 is 14.7 Å². The molecule has 1 unspecified atom stereocenters. The summed E-state index contributed by atoms with van der Waals surface area (Å²) >= 11 is 1.63. The molecule has 0 saturated heterocycles. The van der Waals surface area contributed by atoms with E-state index in [9.17, 15) is 9.59 Å². The average Bonchev–Trinajstić information content (AvgIpc) is 2.78. The van der Waals surface area contributed by atoms with E-state index in [1.165, 1.54) is 16.0 Å². The molecule has 0 radical (unpaired) electrons. The van der Waals surface area contributed by atoms with Crippen molar-refractivity contribution in [3.8, 4) is 0 Å². The van der Waals surface area contributed by atoms with Gasteiger partial charge in [-0.2, -0.15) is 0 Å². The summed E-state index contributed by atoms with van der Waals surface area (Å²) in [5.41, 5.74) is 5.74. The molecule has 0 aromatic heterocycles. The van der Waals surface area contributed by atoms with Crippen LogP contribution in [0, 0.1) is 6.92 Å². The van der Waals surface area contributed by atoms with Crippen LogP contribution in [0.4, 0.5) is 5.69 Å². The number of amides is 1. The van der Waals surface area contributed by atoms with Crippen molar-refractivity contribution in [1.29, 1.82) is 0 Å². The van der Waals surface area contributed by atoms with Crippen LogP contribution in [-0.2, 0) is 24.2 Å². The molecule has 4 rings (SSSR count). The largest absolute Gasteiger partial charge is 0.478 e. The summed E-state index contributed by atoms with van der Waals surface area (Å²) in [5, 5.41) is 8.88. The van der Waals surface area contributed by atoms with Crippen LogP contribution in [0.2, 0.25) is 0 Å². The topological polar surface area (TPSA) is 57.6 Å². The Morgan fingerprint density at radius 2 is 1.68 bits per heavy atom. The zero-order chi connectivity index (χ0) is 22.0. The van der Waals surface area contributed by atoms with Crippen LogP contribution in [0.1, 0.15) is 39.5 Å². The Bertz CT molecular complexity index is 1110. The van der Waals surface area contributed by atoms with Crippen molar-refractivity contribution >= 4 is 29.3 Å². The number of aromatic carboxylic acids is 1. The number of carboxylic acids is 1. The third kappa shape index (κ3) is 4.52. The molecule has 158 valence electrons. The maximum Gasteiger partial charge on any atom is 0.335 e. The van der Waals surface area contributed by atoms with Crippen molar-refractivity contribution in [3.05, 3.63) is 94.5 Å². The molecule has 1 heterocycles. The Labute approximate surface area is 186 Å². The lowest BCUT2D eigenvalue weighted by molar-refractivity contribution is -0.118. The van der Waals surface area contributed by atoms with Gasteiger partial charge < -0.3 is 10.0 Å². The standard InChI is InChI=1S/C26H25NO3S/c1-3-20-5-4-6-22-24(20)31-23(15-18-11-13-21(14-12-18)26(29)30)25(28)27(22)16-19-9-7-17(2)8-10-19/h4-14,23H,3,15-16H2,1-2H3,(H,29,30). The highest BCUT2D eigenvalue weighted by molar-refractivity contribution is 8.01. The van der Waals surface area contributed by atoms with Gasteiger partial charge in [0.1, 0.15) is 0 Å². The molecule has 5 heteroatoms. The van der Waals surface area contributed by atoms with Crippen LogP contribution in [0.15, 0.2) is 71.6 Å². The van der Waals surface area contributed by atoms with Gasteiger partial charge in [0.05, 0.1) is 23.0 Å². The van der Waals surface area contributed by atoms with Gasteiger partial charge in [0.15, 0.2) is 0 Å². The predicted molar refractivity (Wildman–Crippen MR) is 125 cm³/mol. The smallest absolute Gasteiger partial charge is 0.335 e. The van der Waals surface area contributed by atoms with Crippen LogP contribution in [0.3, 0.4) is 0 Å². The zero-order valence-corrected chi connectivity index (χ0v) is 18.5. The number of carboxylic acid groups (broad SMARTS) is 1. The number of rotatable bonds is 6. The van der Waals surface area contributed by atoms with Gasteiger partial charge in [0.25, 0.3) is 0 Å². The molecular formula is C26H25NO3S. The molecule has 1 amide bonds. The summed E-state index contributed by atoms with van der Waals surface area (Å²) in [6.45, 7) is 4.73. The molecule has 31 heavy (non-hydrogen) atoms. The van der Waals surface area contributed by atoms with Crippen molar-refractivity contribution in [2.75, 3.05) is 4.90 Å². The summed E-state index contributed by atoms with van der Waals surface area (Å²) in [6, 6.07) is 21.3. The monoisotopic (exact) mass is 431 g/mol. The first kappa shape index (κ1) is 21.2. The van der Waals surface area contributed by atoms with Crippen LogP contribution >= 0.6 is 11.8 Å². The number of hydrogen-bond donors (Lipinski definition) is 1. The molecule has 3 aromatic carbocycles. The number of nitrogens with zero attached hydrogens (tertiary/aromatic N) is 1. The normalized spacial score (nSPS) is 15.6. The van der Waals surface area contributed by atoms with E-state index >= 15 is 0 Å². The number of anilines is 1. The molecule has 1 aliphatic heterocycles. The van der Waals surface area contributed by atoms with Crippen molar-refractivity contribution in [2.45, 2.75) is 43.4 Å². The van der Waals surface area contributed by atoms with Gasteiger partial charge in [0.2, 0.25) is 5.91 Å². The summed E-state index contributed by atoms with van der Waals surface area (Å²) in [6.07, 6.45) is 1.47. The first-order valence-electron chi connectivity index (χ1n) is 10.4. The molecular weight excluding hydrogens is 406 g/mol. The minimum Gasteiger partial charge on any atom is -0.478 e. The highest BCUT2D eigenvalue weighted by Crippen LogP contribution is 2.43. The van der Waals surface area contributed by atoms with E-state index in [0.29, 0.717) is 13.0 Å². The molecule has 1 N–H and O–H groups in total. The average molecular weight is 432 g/mol. The lowest BCUT2D eigenvalue weighted by Crippen LogP contribution is -2.41. The number of fused-ring (bicyclic) bond motifs is 1. The fraction of sp³-hybridized carbons (Fsp3) is 0.231. The minimum atomic E-state index is -0.944. The zero-order valence-electron chi connectivity index (χ0n) is 17.7. The van der Waals surface area contributed by atoms with E-state index < -0.39 is 5.97 Å². The van der Waals surface area contributed by atoms with Gasteiger partial charge in [-0.1, -0.05) is 61.0 Å². The third-order valence-corrected chi connectivity index (χ3v) is 6.99. The van der Waals surface area contributed by atoms with E-state index in [-0.39, 0.29) is 16.7 Å². The second kappa shape index (κ2) is 8.98. The number of carbonyl (C=O) groups is 2. The Balaban J connectivity index is 1.66. The van der Waals surface area contributed by atoms with E-state index in [4.69, 9.17) is 5.11 Å². The fourth-order valence-electron chi connectivity index (χ4n) is 3.85. The number of benzene rings is 3. The predicted octanol–water partition coefficient (Wildman–Crippen LogP) is 5.51. The quantitative estimate of drug-likeness (QED) is 0.559. The van der Waals surface area contributed by atoms with Crippen molar-refractivity contribution in [3.63, 3.8) is 0 Å². The number of carbonyl (C=O) groups excluding carboxylic acids is 1. The van der Waals surface area contributed by atoms with Crippen molar-refractivity contribution in [1.82, 2.24) is 0 Å². The van der Waals surface area contributed by atoms with Crippen LogP contribution in [-0.4, -0.2) is 22.2 Å². The number of hydrogen-bond acceptors (Lipinski definition) is 3. The highest BCUT2D eigenvalue weighted by Gasteiger charge is 2.34. The lowest BCUT2D eigenvalue weighted by Gasteiger charge is -2.35. The second-order valence-corrected chi connectivity index (χ2v) is 9.05. The number of aryl methyl sites for hydroxylation is 2. The molecule has 4 nitrogen and oxygen atoms in total. The van der Waals surface area contributed by atoms with Gasteiger partial charge >= 0.3 is 5.97 Å². The molecule has 0 bridgehead atoms. The van der Waals surface area contributed by atoms with E-state index in [1.807, 2.05) is 29.2 Å². The minimum absolute atomic E-state index is 0.0913. The molecule has 0 spiro atoms. The Morgan fingerprint density at radius 1 is 1.00 bits per heavy atom. The van der Waals surface area contributed by atoms with E-state index in [1.54, 1.807) is 23.9 Å². The molecule has 1 aliphatic rings. The van der Waals surface area contributed by atoms with E-state index in [2.05, 4.69) is 44.2 Å². The number of thioether (sulfide) groups is 1. The Kier molecular flexibility index (Phi) is 6.14. The van der Waals surface area contributed by atoms with Gasteiger partial charge in [-0.05, 0) is 54.7 Å². The molecule has 3 aromatic rings. The van der Waals surface area contributed by atoms with Crippen LogP contribution < -0.4 is 4.90 Å². The summed E-state index contributed by atoms with van der Waals surface area (Å²) in [5.74, 6) is -0.853. The molecule has 0 fully saturated rings. The first-order valence-corrected chi connectivity index (χ1v) is 11.3. The highest BCUT2D eigenvalue weighted by atomic mass is 32.2. The first-order chi connectivity index (χ1) is 15.0. The van der Waals surface area contributed by atoms with Crippen LogP contribution in [0.25, 0.3) is 0 Å². The summed E-state index contributed by atoms with van der Waals surface area (Å²) in [4.78, 5) is 27.8.